The molecule has 1 N–H and O–H groups in total. The van der Waals surface area contributed by atoms with Crippen molar-refractivity contribution < 1.29 is 4.79 Å². The van der Waals surface area contributed by atoms with Crippen LogP contribution in [0.3, 0.4) is 0 Å². The normalized spacial score (nSPS) is 14.1. The third kappa shape index (κ3) is 4.34. The number of nitrogens with one attached hydrogen (secondary N) is 1. The Morgan fingerprint density at radius 2 is 1.96 bits per heavy atom. The van der Waals surface area contributed by atoms with Crippen molar-refractivity contribution in [2.45, 2.75) is 25.7 Å². The Morgan fingerprint density at radius 1 is 1.11 bits per heavy atom. The van der Waals surface area contributed by atoms with E-state index in [0.29, 0.717) is 0 Å². The molecule has 1 amide bonds. The molecule has 2 aromatic heterocycles. The van der Waals surface area contributed by atoms with Gasteiger partial charge in [-0.1, -0.05) is 12.1 Å². The Balaban J connectivity index is 1.44. The van der Waals surface area contributed by atoms with Crippen LogP contribution in [0.4, 0.5) is 11.4 Å². The molecule has 3 heterocycles. The van der Waals surface area contributed by atoms with Crippen molar-refractivity contribution in [3.05, 3.63) is 59.9 Å². The van der Waals surface area contributed by atoms with Crippen molar-refractivity contribution in [2.75, 3.05) is 23.3 Å². The number of aromatic nitrogens is 2. The fourth-order valence-electron chi connectivity index (χ4n) is 3.36. The largest absolute Gasteiger partial charge is 0.370 e. The van der Waals surface area contributed by atoms with E-state index in [9.17, 15) is 4.79 Å². The highest BCUT2D eigenvalue weighted by molar-refractivity contribution is 7.13. The number of rotatable bonds is 5. The second-order valence-electron chi connectivity index (χ2n) is 6.68. The van der Waals surface area contributed by atoms with Crippen LogP contribution in [0.2, 0.25) is 0 Å². The van der Waals surface area contributed by atoms with Gasteiger partial charge in [-0.05, 0) is 43.5 Å². The number of piperidine rings is 1. The first kappa shape index (κ1) is 17.7. The van der Waals surface area contributed by atoms with Gasteiger partial charge in [-0.15, -0.1) is 11.3 Å². The van der Waals surface area contributed by atoms with E-state index in [0.717, 1.165) is 40.7 Å². The Hall–Kier alpha value is -2.73. The maximum atomic E-state index is 12.6. The summed E-state index contributed by atoms with van der Waals surface area (Å²) >= 11 is 1.54. The highest BCUT2D eigenvalue weighted by Crippen LogP contribution is 2.28. The first-order chi connectivity index (χ1) is 13.3. The Kier molecular flexibility index (Phi) is 5.44. The second kappa shape index (κ2) is 8.31. The molecule has 0 aliphatic carbocycles. The van der Waals surface area contributed by atoms with Crippen LogP contribution in [0, 0.1) is 0 Å². The van der Waals surface area contributed by atoms with Gasteiger partial charge in [-0.3, -0.25) is 9.78 Å². The highest BCUT2D eigenvalue weighted by Gasteiger charge is 2.16. The van der Waals surface area contributed by atoms with Crippen LogP contribution in [0.5, 0.6) is 0 Å². The molecule has 1 saturated heterocycles. The SMILES string of the molecule is O=C(Cc1csc(-c2cccnc2)n1)Nc1ccccc1N1CCCCC1. The van der Waals surface area contributed by atoms with Crippen LogP contribution < -0.4 is 10.2 Å². The van der Waals surface area contributed by atoms with Crippen molar-refractivity contribution in [1.82, 2.24) is 9.97 Å². The monoisotopic (exact) mass is 378 g/mol. The van der Waals surface area contributed by atoms with Crippen LogP contribution >= 0.6 is 11.3 Å². The van der Waals surface area contributed by atoms with E-state index in [1.807, 2.05) is 35.7 Å². The summed E-state index contributed by atoms with van der Waals surface area (Å²) in [4.78, 5) is 23.7. The lowest BCUT2D eigenvalue weighted by Gasteiger charge is -2.30. The third-order valence-corrected chi connectivity index (χ3v) is 5.62. The molecule has 0 radical (unpaired) electrons. The molecule has 0 atom stereocenters. The van der Waals surface area contributed by atoms with Crippen molar-refractivity contribution in [3.8, 4) is 10.6 Å². The lowest BCUT2D eigenvalue weighted by Crippen LogP contribution is -2.30. The summed E-state index contributed by atoms with van der Waals surface area (Å²) in [6.07, 6.45) is 7.50. The quantitative estimate of drug-likeness (QED) is 0.716. The predicted octanol–water partition coefficient (Wildman–Crippen LogP) is 4.38. The minimum absolute atomic E-state index is 0.0394. The van der Waals surface area contributed by atoms with Gasteiger partial charge >= 0.3 is 0 Å². The lowest BCUT2D eigenvalue weighted by atomic mass is 10.1. The predicted molar refractivity (Wildman–Crippen MR) is 110 cm³/mol. The summed E-state index contributed by atoms with van der Waals surface area (Å²) in [5.74, 6) is -0.0394. The van der Waals surface area contributed by atoms with E-state index < -0.39 is 0 Å². The second-order valence-corrected chi connectivity index (χ2v) is 7.53. The van der Waals surface area contributed by atoms with Gasteiger partial charge in [0.2, 0.25) is 5.91 Å². The molecule has 1 aliphatic rings. The number of carbonyl (C=O) groups is 1. The zero-order chi connectivity index (χ0) is 18.5. The number of anilines is 2. The molecular weight excluding hydrogens is 356 g/mol. The van der Waals surface area contributed by atoms with Crippen molar-refractivity contribution >= 4 is 28.6 Å². The van der Waals surface area contributed by atoms with E-state index in [-0.39, 0.29) is 12.3 Å². The Labute approximate surface area is 163 Å². The Bertz CT molecular complexity index is 903. The number of thiazole rings is 1. The number of hydrogen-bond acceptors (Lipinski definition) is 5. The first-order valence-electron chi connectivity index (χ1n) is 9.28. The summed E-state index contributed by atoms with van der Waals surface area (Å²) < 4.78 is 0. The van der Waals surface area contributed by atoms with Crippen LogP contribution in [0.25, 0.3) is 10.6 Å². The van der Waals surface area contributed by atoms with Gasteiger partial charge in [0.25, 0.3) is 0 Å². The highest BCUT2D eigenvalue weighted by atomic mass is 32.1. The molecule has 6 heteroatoms. The van der Waals surface area contributed by atoms with Crippen LogP contribution in [0.1, 0.15) is 25.0 Å². The number of carbonyl (C=O) groups excluding carboxylic acids is 1. The zero-order valence-electron chi connectivity index (χ0n) is 15.1. The number of pyridine rings is 1. The van der Waals surface area contributed by atoms with Crippen LogP contribution in [-0.4, -0.2) is 29.0 Å². The summed E-state index contributed by atoms with van der Waals surface area (Å²) in [5.41, 5.74) is 3.75. The molecule has 27 heavy (non-hydrogen) atoms. The molecule has 0 unspecified atom stereocenters. The molecule has 0 saturated carbocycles. The van der Waals surface area contributed by atoms with Gasteiger partial charge in [0.05, 0.1) is 23.5 Å². The molecule has 1 fully saturated rings. The van der Waals surface area contributed by atoms with Crippen LogP contribution in [-0.2, 0) is 11.2 Å². The summed E-state index contributed by atoms with van der Waals surface area (Å²) in [7, 11) is 0. The van der Waals surface area contributed by atoms with Crippen molar-refractivity contribution in [1.29, 1.82) is 0 Å². The molecule has 4 rings (SSSR count). The van der Waals surface area contributed by atoms with Crippen molar-refractivity contribution in [3.63, 3.8) is 0 Å². The first-order valence-corrected chi connectivity index (χ1v) is 10.2. The van der Waals surface area contributed by atoms with Gasteiger partial charge in [0.1, 0.15) is 5.01 Å². The number of benzene rings is 1. The standard InChI is InChI=1S/C21H22N4OS/c26-20(13-17-15-27-21(23-17)16-7-6-10-22-14-16)24-18-8-2-3-9-19(18)25-11-4-1-5-12-25/h2-3,6-10,14-15H,1,4-5,11-13H2,(H,24,26). The number of para-hydroxylation sites is 2. The minimum atomic E-state index is -0.0394. The fourth-order valence-corrected chi connectivity index (χ4v) is 4.17. The maximum absolute atomic E-state index is 12.6. The summed E-state index contributed by atoms with van der Waals surface area (Å²) in [5, 5.41) is 5.91. The van der Waals surface area contributed by atoms with E-state index in [1.54, 1.807) is 12.4 Å². The third-order valence-electron chi connectivity index (χ3n) is 4.68. The molecule has 1 aromatic carbocycles. The van der Waals surface area contributed by atoms with Gasteiger partial charge in [0, 0.05) is 36.4 Å². The maximum Gasteiger partial charge on any atom is 0.230 e. The van der Waals surface area contributed by atoms with Gasteiger partial charge < -0.3 is 10.2 Å². The molecular formula is C21H22N4OS. The van der Waals surface area contributed by atoms with Crippen molar-refractivity contribution in [2.24, 2.45) is 0 Å². The average Bonchev–Trinajstić information content (AvgIpc) is 3.18. The summed E-state index contributed by atoms with van der Waals surface area (Å²) in [6, 6.07) is 11.9. The van der Waals surface area contributed by atoms with Gasteiger partial charge in [-0.25, -0.2) is 4.98 Å². The number of hydrogen-bond donors (Lipinski definition) is 1. The van der Waals surface area contributed by atoms with E-state index in [1.165, 1.54) is 30.6 Å². The fraction of sp³-hybridized carbons (Fsp3) is 0.286. The Morgan fingerprint density at radius 3 is 2.78 bits per heavy atom. The molecule has 0 bridgehead atoms. The smallest absolute Gasteiger partial charge is 0.230 e. The van der Waals surface area contributed by atoms with E-state index in [2.05, 4.69) is 26.3 Å². The molecule has 3 aromatic rings. The average molecular weight is 379 g/mol. The molecule has 138 valence electrons. The van der Waals surface area contributed by atoms with E-state index >= 15 is 0 Å². The zero-order valence-corrected chi connectivity index (χ0v) is 15.9. The van der Waals surface area contributed by atoms with Crippen LogP contribution in [0.15, 0.2) is 54.2 Å². The summed E-state index contributed by atoms with van der Waals surface area (Å²) in [6.45, 7) is 2.10. The van der Waals surface area contributed by atoms with Gasteiger partial charge in [0.15, 0.2) is 0 Å². The molecule has 1 aliphatic heterocycles. The van der Waals surface area contributed by atoms with E-state index in [4.69, 9.17) is 0 Å². The topological polar surface area (TPSA) is 58.1 Å². The van der Waals surface area contributed by atoms with Gasteiger partial charge in [-0.2, -0.15) is 0 Å². The number of amides is 1. The lowest BCUT2D eigenvalue weighted by molar-refractivity contribution is -0.115. The molecule has 0 spiro atoms. The molecule has 5 nitrogen and oxygen atoms in total. The minimum Gasteiger partial charge on any atom is -0.370 e. The number of nitrogens with zero attached hydrogens (tertiary/aromatic N) is 3.